The molecule has 62 valence electrons. The highest BCUT2D eigenvalue weighted by Gasteiger charge is 2.03. The van der Waals surface area contributed by atoms with E-state index in [1.165, 1.54) is 3.57 Å². The van der Waals surface area contributed by atoms with Crippen molar-refractivity contribution in [1.29, 1.82) is 0 Å². The summed E-state index contributed by atoms with van der Waals surface area (Å²) in [6.45, 7) is 1.96. The van der Waals surface area contributed by atoms with Gasteiger partial charge < -0.3 is 10.1 Å². The summed E-state index contributed by atoms with van der Waals surface area (Å²) in [6, 6.07) is 3.98. The number of halogens is 1. The lowest BCUT2D eigenvalue weighted by Gasteiger charge is -1.95. The molecule has 0 aromatic carbocycles. The molecule has 0 aliphatic carbocycles. The molecule has 0 bridgehead atoms. The van der Waals surface area contributed by atoms with Crippen LogP contribution in [0.2, 0.25) is 0 Å². The maximum absolute atomic E-state index is 5.67. The molecule has 0 saturated heterocycles. The van der Waals surface area contributed by atoms with Gasteiger partial charge in [0.2, 0.25) is 0 Å². The highest BCUT2D eigenvalue weighted by atomic mass is 127. The van der Waals surface area contributed by atoms with Crippen LogP contribution < -0.4 is 5.73 Å². The average Bonchev–Trinajstić information content (AvgIpc) is 2.31. The van der Waals surface area contributed by atoms with Gasteiger partial charge in [0.05, 0.1) is 5.69 Å². The summed E-state index contributed by atoms with van der Waals surface area (Å²) in [7, 11) is 0. The van der Waals surface area contributed by atoms with Gasteiger partial charge in [-0.25, -0.2) is 4.98 Å². The summed E-state index contributed by atoms with van der Waals surface area (Å²) in [6.07, 6.45) is 2.02. The van der Waals surface area contributed by atoms with E-state index in [9.17, 15) is 0 Å². The number of nitrogens with zero attached hydrogens (tertiary/aromatic N) is 2. The predicted octanol–water partition coefficient (Wildman–Crippen LogP) is 1.83. The number of anilines is 1. The normalized spacial score (nSPS) is 10.8. The molecule has 2 N–H and O–H groups in total. The number of nitrogens with two attached hydrogens (primary N) is 1. The third-order valence-electron chi connectivity index (χ3n) is 1.86. The summed E-state index contributed by atoms with van der Waals surface area (Å²) in [5.41, 5.74) is 7.58. The quantitative estimate of drug-likeness (QED) is 0.744. The lowest BCUT2D eigenvalue weighted by Crippen LogP contribution is -1.90. The first-order valence-corrected chi connectivity index (χ1v) is 4.66. The zero-order valence-electron chi connectivity index (χ0n) is 6.58. The maximum atomic E-state index is 5.67. The van der Waals surface area contributed by atoms with E-state index >= 15 is 0 Å². The number of aromatic nitrogens is 2. The van der Waals surface area contributed by atoms with E-state index in [2.05, 4.69) is 27.6 Å². The molecule has 4 heteroatoms. The van der Waals surface area contributed by atoms with Crippen LogP contribution in [0.25, 0.3) is 5.65 Å². The Labute approximate surface area is 83.7 Å². The third-order valence-corrected chi connectivity index (χ3v) is 2.50. The lowest BCUT2D eigenvalue weighted by molar-refractivity contribution is 1.10. The minimum absolute atomic E-state index is 0.608. The molecule has 2 aromatic rings. The van der Waals surface area contributed by atoms with Gasteiger partial charge in [-0.3, -0.25) is 0 Å². The van der Waals surface area contributed by atoms with Crippen LogP contribution in [0, 0.1) is 10.5 Å². The number of hydrogen-bond acceptors (Lipinski definition) is 2. The summed E-state index contributed by atoms with van der Waals surface area (Å²) in [4.78, 5) is 4.19. The monoisotopic (exact) mass is 273 g/mol. The Morgan fingerprint density at radius 3 is 3.00 bits per heavy atom. The second kappa shape index (κ2) is 2.62. The molecule has 0 atom stereocenters. The summed E-state index contributed by atoms with van der Waals surface area (Å²) in [5, 5.41) is 0. The van der Waals surface area contributed by atoms with Crippen molar-refractivity contribution in [2.24, 2.45) is 0 Å². The van der Waals surface area contributed by atoms with Crippen LogP contribution in [0.3, 0.4) is 0 Å². The van der Waals surface area contributed by atoms with Crippen LogP contribution >= 0.6 is 22.6 Å². The van der Waals surface area contributed by atoms with Crippen molar-refractivity contribution in [3.8, 4) is 0 Å². The Kier molecular flexibility index (Phi) is 1.71. The van der Waals surface area contributed by atoms with Crippen LogP contribution in [-0.2, 0) is 0 Å². The smallest absolute Gasteiger partial charge is 0.145 e. The fourth-order valence-corrected chi connectivity index (χ4v) is 1.61. The molecule has 2 rings (SSSR count). The summed E-state index contributed by atoms with van der Waals surface area (Å²) < 4.78 is 3.18. The number of fused-ring (bicyclic) bond motifs is 1. The lowest BCUT2D eigenvalue weighted by atomic mass is 10.4. The highest BCUT2D eigenvalue weighted by Crippen LogP contribution is 2.14. The van der Waals surface area contributed by atoms with E-state index in [-0.39, 0.29) is 0 Å². The first-order valence-electron chi connectivity index (χ1n) is 3.58. The number of nitrogen functional groups attached to an aromatic ring is 1. The number of rotatable bonds is 0. The largest absolute Gasteiger partial charge is 0.382 e. The predicted molar refractivity (Wildman–Crippen MR) is 57.1 cm³/mol. The van der Waals surface area contributed by atoms with Crippen molar-refractivity contribution in [2.45, 2.75) is 6.92 Å². The number of aryl methyl sites for hydroxylation is 1. The van der Waals surface area contributed by atoms with Crippen LogP contribution in [0.5, 0.6) is 0 Å². The average molecular weight is 273 g/mol. The van der Waals surface area contributed by atoms with E-state index in [4.69, 9.17) is 5.73 Å². The van der Waals surface area contributed by atoms with Gasteiger partial charge in [0.15, 0.2) is 0 Å². The SMILES string of the molecule is Cc1c(N)nc2ccc(I)cn12. The topological polar surface area (TPSA) is 43.3 Å². The van der Waals surface area contributed by atoms with Crippen molar-refractivity contribution in [1.82, 2.24) is 9.38 Å². The minimum atomic E-state index is 0.608. The van der Waals surface area contributed by atoms with E-state index in [0.717, 1.165) is 11.3 Å². The molecule has 0 aliphatic rings. The van der Waals surface area contributed by atoms with Crippen LogP contribution in [0.1, 0.15) is 5.69 Å². The Balaban J connectivity index is 2.88. The van der Waals surface area contributed by atoms with Gasteiger partial charge in [0, 0.05) is 9.77 Å². The Hall–Kier alpha value is -0.780. The fraction of sp³-hybridized carbons (Fsp3) is 0.125. The molecule has 2 heterocycles. The maximum Gasteiger partial charge on any atom is 0.145 e. The van der Waals surface area contributed by atoms with Gasteiger partial charge >= 0.3 is 0 Å². The molecular weight excluding hydrogens is 265 g/mol. The first-order chi connectivity index (χ1) is 5.68. The van der Waals surface area contributed by atoms with Gasteiger partial charge in [-0.2, -0.15) is 0 Å². The molecule has 0 unspecified atom stereocenters. The number of hydrogen-bond donors (Lipinski definition) is 1. The second-order valence-corrected chi connectivity index (χ2v) is 3.90. The molecule has 0 radical (unpaired) electrons. The Morgan fingerprint density at radius 1 is 1.50 bits per heavy atom. The Morgan fingerprint density at radius 2 is 2.25 bits per heavy atom. The van der Waals surface area contributed by atoms with Crippen LogP contribution in [-0.4, -0.2) is 9.38 Å². The molecule has 3 nitrogen and oxygen atoms in total. The van der Waals surface area contributed by atoms with E-state index < -0.39 is 0 Å². The molecule has 2 aromatic heterocycles. The molecule has 12 heavy (non-hydrogen) atoms. The van der Waals surface area contributed by atoms with Gasteiger partial charge in [0.1, 0.15) is 11.5 Å². The third kappa shape index (κ3) is 1.06. The van der Waals surface area contributed by atoms with Gasteiger partial charge in [-0.15, -0.1) is 0 Å². The summed E-state index contributed by atoms with van der Waals surface area (Å²) >= 11 is 2.26. The van der Waals surface area contributed by atoms with Crippen molar-refractivity contribution in [2.75, 3.05) is 5.73 Å². The first kappa shape index (κ1) is 7.85. The van der Waals surface area contributed by atoms with Gasteiger partial charge in [0.25, 0.3) is 0 Å². The summed E-state index contributed by atoms with van der Waals surface area (Å²) in [5.74, 6) is 0.608. The fourth-order valence-electron chi connectivity index (χ4n) is 1.15. The molecule has 0 amide bonds. The van der Waals surface area contributed by atoms with E-state index in [1.54, 1.807) is 0 Å². The molecule has 0 saturated carbocycles. The van der Waals surface area contributed by atoms with E-state index in [1.807, 2.05) is 29.7 Å². The minimum Gasteiger partial charge on any atom is -0.382 e. The molecule has 0 fully saturated rings. The Bertz CT molecular complexity index is 433. The van der Waals surface area contributed by atoms with Crippen molar-refractivity contribution in [3.63, 3.8) is 0 Å². The molecule has 0 aliphatic heterocycles. The zero-order valence-corrected chi connectivity index (χ0v) is 8.74. The van der Waals surface area contributed by atoms with Gasteiger partial charge in [-0.05, 0) is 41.6 Å². The second-order valence-electron chi connectivity index (χ2n) is 2.66. The van der Waals surface area contributed by atoms with Crippen molar-refractivity contribution in [3.05, 3.63) is 27.6 Å². The number of pyridine rings is 1. The van der Waals surface area contributed by atoms with Crippen molar-refractivity contribution >= 4 is 34.1 Å². The van der Waals surface area contributed by atoms with Crippen molar-refractivity contribution < 1.29 is 0 Å². The van der Waals surface area contributed by atoms with Crippen LogP contribution in [0.4, 0.5) is 5.82 Å². The number of imidazole rings is 1. The molecular formula is C8H8IN3. The zero-order chi connectivity index (χ0) is 8.72. The standard InChI is InChI=1S/C8H8IN3/c1-5-8(10)11-7-3-2-6(9)4-12(5)7/h2-4H,10H2,1H3. The van der Waals surface area contributed by atoms with E-state index in [0.29, 0.717) is 5.82 Å². The van der Waals surface area contributed by atoms with Gasteiger partial charge in [-0.1, -0.05) is 0 Å². The molecule has 0 spiro atoms. The van der Waals surface area contributed by atoms with Crippen LogP contribution in [0.15, 0.2) is 18.3 Å². The highest BCUT2D eigenvalue weighted by molar-refractivity contribution is 14.1.